The summed E-state index contributed by atoms with van der Waals surface area (Å²) in [5.41, 5.74) is 3.34. The van der Waals surface area contributed by atoms with Crippen LogP contribution in [0.2, 0.25) is 0 Å². The highest BCUT2D eigenvalue weighted by Crippen LogP contribution is 2.23. The number of hydrogen-bond acceptors (Lipinski definition) is 4. The molecule has 4 rings (SSSR count). The van der Waals surface area contributed by atoms with Crippen LogP contribution in [0.15, 0.2) is 47.3 Å². The molecule has 3 aromatic rings. The molecule has 0 aliphatic carbocycles. The molecule has 25 heavy (non-hydrogen) atoms. The van der Waals surface area contributed by atoms with Crippen molar-refractivity contribution in [1.82, 2.24) is 14.7 Å². The first-order valence-corrected chi connectivity index (χ1v) is 8.47. The minimum Gasteiger partial charge on any atom is -0.497 e. The summed E-state index contributed by atoms with van der Waals surface area (Å²) in [5, 5.41) is 6.77. The number of aromatic nitrogens is 2. The fourth-order valence-corrected chi connectivity index (χ4v) is 3.44. The molecule has 5 heteroatoms. The standard InChI is InChI=1S/C20H21N3O2/c1-22-20(24)11-17-13-23(8-7-19(17)21-22)12-14-3-4-16-10-18(25-2)6-5-15(16)9-14/h3-6,9-11H,7-8,12-13H2,1-2H3. The fourth-order valence-electron chi connectivity index (χ4n) is 3.44. The van der Waals surface area contributed by atoms with Crippen molar-refractivity contribution < 1.29 is 4.74 Å². The highest BCUT2D eigenvalue weighted by molar-refractivity contribution is 5.84. The number of fused-ring (bicyclic) bond motifs is 2. The molecular formula is C20H21N3O2. The van der Waals surface area contributed by atoms with Gasteiger partial charge in [-0.15, -0.1) is 0 Å². The van der Waals surface area contributed by atoms with E-state index >= 15 is 0 Å². The third-order valence-corrected chi connectivity index (χ3v) is 4.83. The van der Waals surface area contributed by atoms with E-state index in [1.54, 1.807) is 20.2 Å². The monoisotopic (exact) mass is 335 g/mol. The quantitative estimate of drug-likeness (QED) is 0.738. The zero-order valence-electron chi connectivity index (χ0n) is 14.5. The summed E-state index contributed by atoms with van der Waals surface area (Å²) in [6.07, 6.45) is 0.883. The van der Waals surface area contributed by atoms with Crippen molar-refractivity contribution >= 4 is 10.8 Å². The van der Waals surface area contributed by atoms with Gasteiger partial charge in [0.15, 0.2) is 0 Å². The van der Waals surface area contributed by atoms with Crippen molar-refractivity contribution in [2.24, 2.45) is 7.05 Å². The van der Waals surface area contributed by atoms with E-state index in [0.29, 0.717) is 0 Å². The third kappa shape index (κ3) is 3.15. The van der Waals surface area contributed by atoms with E-state index in [1.165, 1.54) is 21.0 Å². The van der Waals surface area contributed by atoms with E-state index in [1.807, 2.05) is 6.07 Å². The van der Waals surface area contributed by atoms with Crippen LogP contribution in [0.4, 0.5) is 0 Å². The van der Waals surface area contributed by atoms with Crippen LogP contribution in [-0.4, -0.2) is 28.3 Å². The second-order valence-electron chi connectivity index (χ2n) is 6.59. The number of rotatable bonds is 3. The summed E-state index contributed by atoms with van der Waals surface area (Å²) in [7, 11) is 3.39. The summed E-state index contributed by atoms with van der Waals surface area (Å²) < 4.78 is 6.71. The highest BCUT2D eigenvalue weighted by Gasteiger charge is 2.18. The summed E-state index contributed by atoms with van der Waals surface area (Å²) >= 11 is 0. The molecule has 0 N–H and O–H groups in total. The van der Waals surface area contributed by atoms with Crippen LogP contribution < -0.4 is 10.3 Å². The van der Waals surface area contributed by atoms with Gasteiger partial charge in [0.25, 0.3) is 5.56 Å². The molecular weight excluding hydrogens is 314 g/mol. The zero-order valence-corrected chi connectivity index (χ0v) is 14.5. The van der Waals surface area contributed by atoms with Crippen LogP contribution in [0.25, 0.3) is 10.8 Å². The SMILES string of the molecule is COc1ccc2cc(CN3CCc4nn(C)c(=O)cc4C3)ccc2c1. The van der Waals surface area contributed by atoms with E-state index in [9.17, 15) is 4.79 Å². The Bertz CT molecular complexity index is 994. The molecule has 0 saturated carbocycles. The third-order valence-electron chi connectivity index (χ3n) is 4.83. The summed E-state index contributed by atoms with van der Waals surface area (Å²) in [6.45, 7) is 2.61. The fraction of sp³-hybridized carbons (Fsp3) is 0.300. The number of nitrogens with zero attached hydrogens (tertiary/aromatic N) is 3. The smallest absolute Gasteiger partial charge is 0.266 e. The number of aryl methyl sites for hydroxylation is 1. The lowest BCUT2D eigenvalue weighted by Crippen LogP contribution is -2.33. The molecule has 0 spiro atoms. The van der Waals surface area contributed by atoms with Crippen molar-refractivity contribution in [1.29, 1.82) is 0 Å². The second kappa shape index (κ2) is 6.33. The Balaban J connectivity index is 1.55. The van der Waals surface area contributed by atoms with Gasteiger partial charge in [-0.25, -0.2) is 4.68 Å². The Morgan fingerprint density at radius 2 is 1.92 bits per heavy atom. The van der Waals surface area contributed by atoms with Crippen LogP contribution in [0, 0.1) is 0 Å². The van der Waals surface area contributed by atoms with E-state index in [2.05, 4.69) is 40.3 Å². The molecule has 0 radical (unpaired) electrons. The number of methoxy groups -OCH3 is 1. The summed E-state index contributed by atoms with van der Waals surface area (Å²) in [6, 6.07) is 14.4. The maximum absolute atomic E-state index is 11.8. The van der Waals surface area contributed by atoms with Crippen LogP contribution >= 0.6 is 0 Å². The van der Waals surface area contributed by atoms with Crippen molar-refractivity contribution in [2.45, 2.75) is 19.5 Å². The van der Waals surface area contributed by atoms with Gasteiger partial charge in [0, 0.05) is 39.2 Å². The average Bonchev–Trinajstić information content (AvgIpc) is 2.62. The van der Waals surface area contributed by atoms with Crippen molar-refractivity contribution in [2.75, 3.05) is 13.7 Å². The van der Waals surface area contributed by atoms with E-state index in [0.717, 1.165) is 43.1 Å². The van der Waals surface area contributed by atoms with Crippen molar-refractivity contribution in [3.63, 3.8) is 0 Å². The van der Waals surface area contributed by atoms with E-state index in [4.69, 9.17) is 4.74 Å². The van der Waals surface area contributed by atoms with E-state index in [-0.39, 0.29) is 5.56 Å². The molecule has 0 fully saturated rings. The Morgan fingerprint density at radius 1 is 1.12 bits per heavy atom. The molecule has 2 aromatic carbocycles. The summed E-state index contributed by atoms with van der Waals surface area (Å²) in [5.74, 6) is 0.877. The zero-order chi connectivity index (χ0) is 17.4. The maximum atomic E-state index is 11.8. The van der Waals surface area contributed by atoms with Gasteiger partial charge in [-0.1, -0.05) is 18.2 Å². The molecule has 0 bridgehead atoms. The molecule has 5 nitrogen and oxygen atoms in total. The van der Waals surface area contributed by atoms with Crippen LogP contribution in [-0.2, 0) is 26.6 Å². The predicted octanol–water partition coefficient (Wildman–Crippen LogP) is 2.50. The molecule has 1 aromatic heterocycles. The number of benzene rings is 2. The molecule has 1 aliphatic rings. The van der Waals surface area contributed by atoms with Gasteiger partial charge in [-0.3, -0.25) is 9.69 Å². The van der Waals surface area contributed by atoms with Gasteiger partial charge in [0.1, 0.15) is 5.75 Å². The number of hydrogen-bond donors (Lipinski definition) is 0. The first-order valence-electron chi connectivity index (χ1n) is 8.47. The largest absolute Gasteiger partial charge is 0.497 e. The molecule has 128 valence electrons. The van der Waals surface area contributed by atoms with E-state index < -0.39 is 0 Å². The summed E-state index contributed by atoms with van der Waals surface area (Å²) in [4.78, 5) is 14.2. The predicted molar refractivity (Wildman–Crippen MR) is 97.8 cm³/mol. The Morgan fingerprint density at radius 3 is 2.76 bits per heavy atom. The Labute approximate surface area is 146 Å². The van der Waals surface area contributed by atoms with Crippen LogP contribution in [0.5, 0.6) is 5.75 Å². The molecule has 0 saturated heterocycles. The maximum Gasteiger partial charge on any atom is 0.266 e. The van der Waals surface area contributed by atoms with Crippen molar-refractivity contribution in [3.05, 3.63) is 69.6 Å². The normalized spacial score (nSPS) is 14.5. The van der Waals surface area contributed by atoms with Crippen LogP contribution in [0.3, 0.4) is 0 Å². The Hall–Kier alpha value is -2.66. The molecule has 1 aliphatic heterocycles. The van der Waals surface area contributed by atoms with Gasteiger partial charge in [0.2, 0.25) is 0 Å². The minimum atomic E-state index is -0.0414. The van der Waals surface area contributed by atoms with Gasteiger partial charge in [0.05, 0.1) is 12.8 Å². The molecule has 0 amide bonds. The average molecular weight is 335 g/mol. The van der Waals surface area contributed by atoms with Gasteiger partial charge < -0.3 is 4.74 Å². The Kier molecular flexibility index (Phi) is 4.01. The minimum absolute atomic E-state index is 0.0414. The molecule has 0 atom stereocenters. The molecule has 2 heterocycles. The van der Waals surface area contributed by atoms with Gasteiger partial charge in [-0.2, -0.15) is 5.10 Å². The lowest BCUT2D eigenvalue weighted by atomic mass is 10.0. The molecule has 0 unspecified atom stereocenters. The van der Waals surface area contributed by atoms with Gasteiger partial charge >= 0.3 is 0 Å². The highest BCUT2D eigenvalue weighted by atomic mass is 16.5. The van der Waals surface area contributed by atoms with Crippen LogP contribution in [0.1, 0.15) is 16.8 Å². The number of ether oxygens (including phenoxy) is 1. The van der Waals surface area contributed by atoms with Gasteiger partial charge in [-0.05, 0) is 40.1 Å². The lowest BCUT2D eigenvalue weighted by molar-refractivity contribution is 0.241. The first kappa shape index (κ1) is 15.8. The topological polar surface area (TPSA) is 47.4 Å². The lowest BCUT2D eigenvalue weighted by Gasteiger charge is -2.28. The van der Waals surface area contributed by atoms with Crippen molar-refractivity contribution in [3.8, 4) is 5.75 Å². The first-order chi connectivity index (χ1) is 12.1. The second-order valence-corrected chi connectivity index (χ2v) is 6.59.